The molecule has 9 heteroatoms. The van der Waals surface area contributed by atoms with Crippen molar-refractivity contribution in [1.29, 1.82) is 0 Å². The number of imidazole rings is 1. The molecule has 13 aromatic rings. The van der Waals surface area contributed by atoms with Gasteiger partial charge in [0.2, 0.25) is 11.8 Å². The van der Waals surface area contributed by atoms with E-state index in [4.69, 9.17) is 32.3 Å². The smallest absolute Gasteiger partial charge is 0.707 e. The van der Waals surface area contributed by atoms with Gasteiger partial charge in [-0.1, -0.05) is 206 Å². The Bertz CT molecular complexity index is 4080. The van der Waals surface area contributed by atoms with E-state index >= 15 is 0 Å². The topological polar surface area (TPSA) is 85.3 Å². The van der Waals surface area contributed by atoms with E-state index in [1.807, 2.05) is 182 Å². The monoisotopic (exact) mass is 1450 g/mol. The van der Waals surface area contributed by atoms with Crippen LogP contribution in [0.2, 0.25) is 0 Å². The molecule has 7 nitrogen and oxygen atoms in total. The van der Waals surface area contributed by atoms with E-state index in [2.05, 4.69) is 142 Å². The van der Waals surface area contributed by atoms with E-state index in [-0.39, 0.29) is 44.8 Å². The van der Waals surface area contributed by atoms with Crippen molar-refractivity contribution in [2.75, 3.05) is 0 Å². The summed E-state index contributed by atoms with van der Waals surface area (Å²) in [7, 11) is 0. The van der Waals surface area contributed by atoms with Gasteiger partial charge in [0.25, 0.3) is 0 Å². The molecule has 0 saturated heterocycles. The van der Waals surface area contributed by atoms with Crippen molar-refractivity contribution < 1.29 is 54.2 Å². The molecule has 13 rings (SSSR count). The summed E-state index contributed by atoms with van der Waals surface area (Å²) in [5.74, 6) is 7.38. The van der Waals surface area contributed by atoms with Crippen LogP contribution in [-0.4, -0.2) is 15.0 Å². The predicted octanol–water partition coefficient (Wildman–Crippen LogP) is 17.6. The third-order valence-corrected chi connectivity index (χ3v) is 12.5. The molecule has 84 heavy (non-hydrogen) atoms. The van der Waals surface area contributed by atoms with E-state index in [1.165, 1.54) is 16.7 Å². The predicted molar refractivity (Wildman–Crippen MR) is 327 cm³/mol. The summed E-state index contributed by atoms with van der Waals surface area (Å²) in [6.45, 7) is 0. The molecule has 0 amide bonds. The summed E-state index contributed by atoms with van der Waals surface area (Å²) in [4.78, 5) is 22.9. The number of hydrogen-bond acceptors (Lipinski definition) is 5. The molecule has 0 saturated carbocycles. The van der Waals surface area contributed by atoms with Gasteiger partial charge in [0.1, 0.15) is 0 Å². The molecule has 0 aliphatic heterocycles. The van der Waals surface area contributed by atoms with E-state index in [0.717, 1.165) is 67.2 Å². The van der Waals surface area contributed by atoms with Crippen LogP contribution in [0, 0.1) is 36.8 Å². The molecule has 9 aromatic carbocycles. The maximum absolute atomic E-state index is 6.69. The van der Waals surface area contributed by atoms with Crippen LogP contribution in [0.5, 0.6) is 23.3 Å². The Labute approximate surface area is 522 Å². The number of rotatable bonds is 11. The fourth-order valence-corrected chi connectivity index (χ4v) is 8.44. The molecule has 0 unspecified atom stereocenters. The Morgan fingerprint density at radius 2 is 0.762 bits per heavy atom. The first kappa shape index (κ1) is 60.1. The van der Waals surface area contributed by atoms with Crippen LogP contribution in [-0.2, 0) is 44.8 Å². The summed E-state index contributed by atoms with van der Waals surface area (Å²) in [5, 5.41) is 0. The van der Waals surface area contributed by atoms with Gasteiger partial charge >= 0.3 is 44.8 Å². The minimum Gasteiger partial charge on any atom is -0.707 e. The third kappa shape index (κ3) is 16.8. The second-order valence-electron chi connectivity index (χ2n) is 18.1. The molecule has 0 aliphatic carbocycles. The summed E-state index contributed by atoms with van der Waals surface area (Å²) in [6, 6.07) is 97.9. The van der Waals surface area contributed by atoms with E-state index < -0.39 is 0 Å². The van der Waals surface area contributed by atoms with Crippen LogP contribution < -0.4 is 19.4 Å². The van der Waals surface area contributed by atoms with Crippen LogP contribution in [0.15, 0.2) is 298 Å². The maximum Gasteiger partial charge on any atom is 3.00 e. The zero-order valence-corrected chi connectivity index (χ0v) is 49.3. The van der Waals surface area contributed by atoms with Crippen molar-refractivity contribution in [3.8, 4) is 114 Å². The van der Waals surface area contributed by atoms with Crippen molar-refractivity contribution in [3.05, 3.63) is 334 Å². The van der Waals surface area contributed by atoms with Gasteiger partial charge in [-0.2, -0.15) is 11.8 Å². The molecule has 0 aliphatic rings. The fraction of sp³-hybridized carbons (Fsp3) is 0. The summed E-state index contributed by atoms with van der Waals surface area (Å²) >= 11 is 0. The number of hydrogen-bond donors (Lipinski definition) is 0. The van der Waals surface area contributed by atoms with Gasteiger partial charge in [-0.05, 0) is 62.5 Å². The standard InChI is InChI=1S/C32H21N3O.C27H18N2O.2C8H5.2Au/c1-3-10-23(11-4-1)24-17-19-26(20-18-24)31-30(25-12-5-2-6-13-25)34-32(35-31)27-14-9-15-28(22-27)36-29-16-7-8-21-33-29;1-2-7-20(8-3-1)21-12-14-22(15-13-21)24-18-26(29-19-24)23-9-6-10-25(17-23)30-27-11-4-5-16-28-27;2*1-2-8-6-4-3-5-7-8;;/h1-21H;1-16,18-19H;2*3-7H;;/q2*-2;2*-1;2*+3. The molecule has 0 radical (unpaired) electrons. The molecular formula is C75H49Au2N5O2. The van der Waals surface area contributed by atoms with Crippen LogP contribution in [0.1, 0.15) is 11.1 Å². The normalized spacial score (nSPS) is 9.93. The fourth-order valence-electron chi connectivity index (χ4n) is 8.44. The maximum atomic E-state index is 6.69. The van der Waals surface area contributed by atoms with E-state index in [1.54, 1.807) is 12.4 Å². The quantitative estimate of drug-likeness (QED) is 0.0724. The molecule has 0 atom stereocenters. The Kier molecular flexibility index (Phi) is 22.4. The Morgan fingerprint density at radius 1 is 0.369 bits per heavy atom. The second-order valence-corrected chi connectivity index (χ2v) is 18.1. The number of benzene rings is 9. The summed E-state index contributed by atoms with van der Waals surface area (Å²) in [5.41, 5.74) is 14.8. The Balaban J connectivity index is 0.000000171. The van der Waals surface area contributed by atoms with Crippen LogP contribution in [0.25, 0.3) is 78.5 Å². The zero-order chi connectivity index (χ0) is 56.0. The molecule has 4 aromatic heterocycles. The average molecular weight is 1450 g/mol. The minimum atomic E-state index is 0. The first-order valence-corrected chi connectivity index (χ1v) is 26.3. The zero-order valence-electron chi connectivity index (χ0n) is 44.9. The molecule has 4 heterocycles. The molecule has 0 N–H and O–H groups in total. The van der Waals surface area contributed by atoms with Crippen molar-refractivity contribution in [3.63, 3.8) is 0 Å². The Morgan fingerprint density at radius 3 is 1.20 bits per heavy atom. The second kappa shape index (κ2) is 31.3. The number of ether oxygens (including phenoxy) is 2. The van der Waals surface area contributed by atoms with Crippen LogP contribution >= 0.6 is 0 Å². The molecule has 0 spiro atoms. The van der Waals surface area contributed by atoms with E-state index in [0.29, 0.717) is 29.1 Å². The third-order valence-electron chi connectivity index (χ3n) is 12.5. The largest absolute Gasteiger partial charge is 3.00 e. The van der Waals surface area contributed by atoms with Gasteiger partial charge in [0.15, 0.2) is 0 Å². The number of aromatic nitrogens is 5. The van der Waals surface area contributed by atoms with Gasteiger partial charge in [0.05, 0.1) is 0 Å². The first-order valence-electron chi connectivity index (χ1n) is 26.3. The van der Waals surface area contributed by atoms with Gasteiger partial charge in [-0.25, -0.2) is 15.7 Å². The summed E-state index contributed by atoms with van der Waals surface area (Å²) < 4.78 is 11.7. The number of pyridine rings is 2. The van der Waals surface area contributed by atoms with Gasteiger partial charge in [-0.15, -0.1) is 89.2 Å². The molecular weight excluding hydrogens is 1400 g/mol. The van der Waals surface area contributed by atoms with Crippen molar-refractivity contribution in [2.45, 2.75) is 0 Å². The van der Waals surface area contributed by atoms with E-state index in [9.17, 15) is 0 Å². The average Bonchev–Trinajstić information content (AvgIpc) is 4.20. The van der Waals surface area contributed by atoms with Crippen molar-refractivity contribution in [2.24, 2.45) is 0 Å². The molecule has 0 bridgehead atoms. The van der Waals surface area contributed by atoms with Gasteiger partial charge in [-0.3, -0.25) is 11.8 Å². The minimum absolute atomic E-state index is 0. The van der Waals surface area contributed by atoms with Crippen molar-refractivity contribution in [1.82, 2.24) is 24.9 Å². The van der Waals surface area contributed by atoms with Crippen LogP contribution in [0.4, 0.5) is 0 Å². The van der Waals surface area contributed by atoms with Gasteiger partial charge < -0.3 is 37.3 Å². The SMILES string of the molecule is [Au+3].[Au+3].[C-]#Cc1ccccc1.[C-]#Cc1ccccc1.[c-]1c(Oc2ccccn2)cccc1-c1cc(-c2ccc(-c3ccccc3)cc2)c[n-]1.[c-]1c(Oc2ccccn2)cccc1-c1nc(-c2ccc(-c3ccccc3)cc2)c(-c2ccccc2)[n-]1. The Hall–Kier alpha value is -10.0. The van der Waals surface area contributed by atoms with Crippen LogP contribution in [0.3, 0.4) is 0 Å². The molecule has 0 fully saturated rings. The summed E-state index contributed by atoms with van der Waals surface area (Å²) in [6.07, 6.45) is 18.7. The molecule has 408 valence electrons. The first-order chi connectivity index (χ1) is 40.5. The van der Waals surface area contributed by atoms with Gasteiger partial charge in [0, 0.05) is 36.0 Å². The van der Waals surface area contributed by atoms with Crippen molar-refractivity contribution >= 4 is 0 Å². The number of nitrogens with zero attached hydrogens (tertiary/aromatic N) is 5.